The molecule has 0 aliphatic carbocycles. The Kier molecular flexibility index (Phi) is 7.85. The third-order valence-corrected chi connectivity index (χ3v) is 3.68. The number of nitrogens with one attached hydrogen (secondary N) is 2. The zero-order chi connectivity index (χ0) is 14.1. The lowest BCUT2D eigenvalue weighted by atomic mass is 10.2. The maximum atomic E-state index is 12.0. The molecule has 0 atom stereocenters. The first-order valence-electron chi connectivity index (χ1n) is 6.08. The predicted molar refractivity (Wildman–Crippen MR) is 84.3 cm³/mol. The van der Waals surface area contributed by atoms with Crippen LogP contribution in [0.1, 0.15) is 29.6 Å². The van der Waals surface area contributed by atoms with E-state index in [-0.39, 0.29) is 5.91 Å². The van der Waals surface area contributed by atoms with E-state index in [4.69, 9.17) is 5.84 Å². The molecule has 1 amide bonds. The summed E-state index contributed by atoms with van der Waals surface area (Å²) in [5, 5.41) is 2.88. The van der Waals surface area contributed by atoms with Gasteiger partial charge in [0.15, 0.2) is 5.82 Å². The maximum absolute atomic E-state index is 12.0. The molecule has 1 aromatic heterocycles. The van der Waals surface area contributed by atoms with Crippen molar-refractivity contribution in [1.29, 1.82) is 0 Å². The van der Waals surface area contributed by atoms with Crippen LogP contribution >= 0.6 is 27.7 Å². The SMILES string of the molecule is CSCCCCCNC(=O)c1cc(Br)cnc1NN. The molecule has 0 aromatic carbocycles. The van der Waals surface area contributed by atoms with Crippen LogP contribution in [-0.4, -0.2) is 29.4 Å². The van der Waals surface area contributed by atoms with Crippen LogP contribution in [0, 0.1) is 0 Å². The average Bonchev–Trinajstić information content (AvgIpc) is 2.42. The highest BCUT2D eigenvalue weighted by Crippen LogP contribution is 2.17. The average molecular weight is 347 g/mol. The lowest BCUT2D eigenvalue weighted by molar-refractivity contribution is 0.0953. The first kappa shape index (κ1) is 16.3. The van der Waals surface area contributed by atoms with Crippen molar-refractivity contribution in [2.75, 3.05) is 24.0 Å². The quantitative estimate of drug-likeness (QED) is 0.382. The molecule has 1 rings (SSSR count). The van der Waals surface area contributed by atoms with Crippen LogP contribution in [0.4, 0.5) is 5.82 Å². The predicted octanol–water partition coefficient (Wildman–Crippen LogP) is 2.39. The molecule has 5 nitrogen and oxygen atoms in total. The van der Waals surface area contributed by atoms with Crippen molar-refractivity contribution >= 4 is 39.4 Å². The number of nitrogens with zero attached hydrogens (tertiary/aromatic N) is 1. The molecular formula is C12H19BrN4OS. The van der Waals surface area contributed by atoms with Crippen molar-refractivity contribution in [3.05, 3.63) is 22.3 Å². The second-order valence-corrected chi connectivity index (χ2v) is 5.90. The Balaban J connectivity index is 2.43. The van der Waals surface area contributed by atoms with Gasteiger partial charge in [0.05, 0.1) is 5.56 Å². The summed E-state index contributed by atoms with van der Waals surface area (Å²) in [5.74, 6) is 6.73. The van der Waals surface area contributed by atoms with Crippen molar-refractivity contribution in [2.24, 2.45) is 5.84 Å². The number of rotatable bonds is 8. The molecule has 0 saturated carbocycles. The van der Waals surface area contributed by atoms with Crippen molar-refractivity contribution in [2.45, 2.75) is 19.3 Å². The van der Waals surface area contributed by atoms with Crippen LogP contribution in [0.3, 0.4) is 0 Å². The fraction of sp³-hybridized carbons (Fsp3) is 0.500. The summed E-state index contributed by atoms with van der Waals surface area (Å²) < 4.78 is 0.747. The molecule has 0 aliphatic heterocycles. The number of anilines is 1. The van der Waals surface area contributed by atoms with Crippen LogP contribution in [0.25, 0.3) is 0 Å². The number of thioether (sulfide) groups is 1. The van der Waals surface area contributed by atoms with Crippen molar-refractivity contribution in [3.63, 3.8) is 0 Å². The van der Waals surface area contributed by atoms with Gasteiger partial charge in [0.1, 0.15) is 0 Å². The summed E-state index contributed by atoms with van der Waals surface area (Å²) in [5.41, 5.74) is 2.87. The summed E-state index contributed by atoms with van der Waals surface area (Å²) in [7, 11) is 0. The van der Waals surface area contributed by atoms with Gasteiger partial charge in [-0.3, -0.25) is 4.79 Å². The number of amides is 1. The lowest BCUT2D eigenvalue weighted by Gasteiger charge is -2.09. The lowest BCUT2D eigenvalue weighted by Crippen LogP contribution is -2.26. The highest BCUT2D eigenvalue weighted by atomic mass is 79.9. The van der Waals surface area contributed by atoms with E-state index in [0.717, 1.165) is 17.3 Å². The summed E-state index contributed by atoms with van der Waals surface area (Å²) in [6.07, 6.45) is 6.99. The normalized spacial score (nSPS) is 10.3. The highest BCUT2D eigenvalue weighted by molar-refractivity contribution is 9.10. The number of hydrogen-bond acceptors (Lipinski definition) is 5. The minimum atomic E-state index is -0.161. The Hall–Kier alpha value is -0.790. The van der Waals surface area contributed by atoms with E-state index in [0.29, 0.717) is 17.9 Å². The number of halogens is 1. The fourth-order valence-corrected chi connectivity index (χ4v) is 2.40. The van der Waals surface area contributed by atoms with Gasteiger partial charge in [-0.15, -0.1) is 0 Å². The minimum Gasteiger partial charge on any atom is -0.352 e. The largest absolute Gasteiger partial charge is 0.352 e. The summed E-state index contributed by atoms with van der Waals surface area (Å²) in [4.78, 5) is 16.0. The van der Waals surface area contributed by atoms with Gasteiger partial charge in [0.2, 0.25) is 0 Å². The number of pyridine rings is 1. The zero-order valence-electron chi connectivity index (χ0n) is 10.9. The van der Waals surface area contributed by atoms with Crippen LogP contribution in [0.2, 0.25) is 0 Å². The summed E-state index contributed by atoms with van der Waals surface area (Å²) >= 11 is 5.14. The van der Waals surface area contributed by atoms with E-state index < -0.39 is 0 Å². The molecule has 0 bridgehead atoms. The van der Waals surface area contributed by atoms with Crippen molar-refractivity contribution in [3.8, 4) is 0 Å². The number of aromatic nitrogens is 1. The number of unbranched alkanes of at least 4 members (excludes halogenated alkanes) is 2. The van der Waals surface area contributed by atoms with Crippen molar-refractivity contribution in [1.82, 2.24) is 10.3 Å². The Labute approximate surface area is 126 Å². The smallest absolute Gasteiger partial charge is 0.255 e. The molecule has 0 aliphatic rings. The Morgan fingerprint density at radius 1 is 1.47 bits per heavy atom. The molecule has 0 unspecified atom stereocenters. The number of hydrazine groups is 1. The highest BCUT2D eigenvalue weighted by Gasteiger charge is 2.12. The molecule has 0 spiro atoms. The van der Waals surface area contributed by atoms with Crippen LogP contribution in [0.15, 0.2) is 16.7 Å². The molecule has 4 N–H and O–H groups in total. The maximum Gasteiger partial charge on any atom is 0.255 e. The summed E-state index contributed by atoms with van der Waals surface area (Å²) in [6.45, 7) is 0.670. The molecule has 7 heteroatoms. The van der Waals surface area contributed by atoms with E-state index in [1.165, 1.54) is 12.2 Å². The first-order chi connectivity index (χ1) is 9.19. The number of nitrogen functional groups attached to an aromatic ring is 1. The van der Waals surface area contributed by atoms with E-state index in [2.05, 4.69) is 37.9 Å². The molecule has 106 valence electrons. The Bertz CT molecular complexity index is 417. The number of nitrogens with two attached hydrogens (primary N) is 1. The third kappa shape index (κ3) is 5.80. The second kappa shape index (κ2) is 9.17. The van der Waals surface area contributed by atoms with E-state index >= 15 is 0 Å². The number of carbonyl (C=O) groups excluding carboxylic acids is 1. The Morgan fingerprint density at radius 3 is 2.95 bits per heavy atom. The molecule has 0 fully saturated rings. The van der Waals surface area contributed by atoms with Gasteiger partial charge in [-0.2, -0.15) is 11.8 Å². The second-order valence-electron chi connectivity index (χ2n) is 4.00. The van der Waals surface area contributed by atoms with Gasteiger partial charge in [0.25, 0.3) is 5.91 Å². The third-order valence-electron chi connectivity index (χ3n) is 2.55. The molecular weight excluding hydrogens is 328 g/mol. The van der Waals surface area contributed by atoms with Crippen LogP contribution in [-0.2, 0) is 0 Å². The van der Waals surface area contributed by atoms with Gasteiger partial charge in [-0.25, -0.2) is 10.8 Å². The fourth-order valence-electron chi connectivity index (χ4n) is 1.57. The van der Waals surface area contributed by atoms with Crippen LogP contribution in [0.5, 0.6) is 0 Å². The molecule has 1 heterocycles. The molecule has 0 saturated heterocycles. The molecule has 0 radical (unpaired) electrons. The minimum absolute atomic E-state index is 0.161. The van der Waals surface area contributed by atoms with Gasteiger partial charge in [-0.05, 0) is 46.8 Å². The van der Waals surface area contributed by atoms with Crippen molar-refractivity contribution < 1.29 is 4.79 Å². The summed E-state index contributed by atoms with van der Waals surface area (Å²) in [6, 6.07) is 1.70. The van der Waals surface area contributed by atoms with Gasteiger partial charge >= 0.3 is 0 Å². The monoisotopic (exact) mass is 346 g/mol. The Morgan fingerprint density at radius 2 is 2.26 bits per heavy atom. The number of carbonyl (C=O) groups is 1. The van der Waals surface area contributed by atoms with E-state index in [1.807, 2.05) is 11.8 Å². The van der Waals surface area contributed by atoms with Gasteiger partial charge in [0, 0.05) is 17.2 Å². The molecule has 1 aromatic rings. The van der Waals surface area contributed by atoms with E-state index in [1.54, 1.807) is 12.3 Å². The van der Waals surface area contributed by atoms with Gasteiger partial charge < -0.3 is 10.7 Å². The number of hydrogen-bond donors (Lipinski definition) is 3. The first-order valence-corrected chi connectivity index (χ1v) is 8.27. The molecule has 19 heavy (non-hydrogen) atoms. The standard InChI is InChI=1S/C12H19BrN4OS/c1-19-6-4-2-3-5-15-12(18)10-7-9(13)8-16-11(10)17-14/h7-8H,2-6,14H2,1H3,(H,15,18)(H,16,17). The zero-order valence-corrected chi connectivity index (χ0v) is 13.3. The van der Waals surface area contributed by atoms with Crippen LogP contribution < -0.4 is 16.6 Å². The topological polar surface area (TPSA) is 80.0 Å². The van der Waals surface area contributed by atoms with E-state index in [9.17, 15) is 4.79 Å². The van der Waals surface area contributed by atoms with Gasteiger partial charge in [-0.1, -0.05) is 6.42 Å².